The van der Waals surface area contributed by atoms with Gasteiger partial charge in [0.2, 0.25) is 5.91 Å². The molecule has 0 bridgehead atoms. The number of benzene rings is 2. The van der Waals surface area contributed by atoms with E-state index in [0.717, 1.165) is 66.1 Å². The summed E-state index contributed by atoms with van der Waals surface area (Å²) in [5.41, 5.74) is 10.5. The Hall–Kier alpha value is -2.44. The van der Waals surface area contributed by atoms with E-state index in [4.69, 9.17) is 15.5 Å². The van der Waals surface area contributed by atoms with E-state index in [0.29, 0.717) is 11.5 Å². The minimum Gasteiger partial charge on any atom is -0.493 e. The van der Waals surface area contributed by atoms with Crippen LogP contribution in [-0.2, 0) is 6.42 Å². The molecule has 0 spiro atoms. The second-order valence-electron chi connectivity index (χ2n) is 8.04. The van der Waals surface area contributed by atoms with E-state index < -0.39 is 0 Å². The van der Waals surface area contributed by atoms with Crippen LogP contribution in [0.25, 0.3) is 10.2 Å². The van der Waals surface area contributed by atoms with Gasteiger partial charge in [-0.05, 0) is 81.4 Å². The lowest BCUT2D eigenvalue weighted by Gasteiger charge is -2.20. The summed E-state index contributed by atoms with van der Waals surface area (Å²) in [5.74, 6) is 1.27. The molecule has 0 unspecified atom stereocenters. The van der Waals surface area contributed by atoms with Crippen LogP contribution in [0.2, 0.25) is 0 Å². The summed E-state index contributed by atoms with van der Waals surface area (Å²) >= 11 is 1.73. The number of rotatable bonds is 2. The van der Waals surface area contributed by atoms with Gasteiger partial charge in [-0.2, -0.15) is 0 Å². The number of fused-ring (bicyclic) bond motifs is 2. The van der Waals surface area contributed by atoms with E-state index in [1.54, 1.807) is 11.3 Å². The molecule has 2 aliphatic rings. The molecule has 3 N–H and O–H groups in total. The third-order valence-corrected chi connectivity index (χ3v) is 7.23. The lowest BCUT2D eigenvalue weighted by molar-refractivity contribution is 0.1000. The van der Waals surface area contributed by atoms with Gasteiger partial charge in [-0.25, -0.2) is 4.98 Å². The standard InChI is InChI=1S/C15H19N3OS.C9H10O/c1-8-7-11(14(16)19)9(2)13-12(8)18-15(20-13)10-3-5-17-6-4-10;1-2-6-9-8(4-1)5-3-7-10-9/h7,10,17H,3-6H2,1-2H3,(H2,16,19);1-2,4,6H,3,5,7H2. The Labute approximate surface area is 181 Å². The topological polar surface area (TPSA) is 77.2 Å². The molecule has 5 nitrogen and oxygen atoms in total. The van der Waals surface area contributed by atoms with Crippen molar-refractivity contribution in [2.24, 2.45) is 5.73 Å². The molecule has 158 valence electrons. The smallest absolute Gasteiger partial charge is 0.249 e. The first kappa shape index (κ1) is 20.8. The van der Waals surface area contributed by atoms with Crippen molar-refractivity contribution in [2.75, 3.05) is 19.7 Å². The number of aryl methyl sites for hydroxylation is 3. The molecule has 1 aromatic heterocycles. The van der Waals surface area contributed by atoms with Gasteiger partial charge in [0, 0.05) is 11.5 Å². The minimum absolute atomic E-state index is 0.357. The SMILES string of the molecule is Cc1cc(C(N)=O)c(C)c2sc(C3CCNCC3)nc12.c1ccc2c(c1)CCCO2. The molecule has 0 aliphatic carbocycles. The molecule has 3 aromatic rings. The molecule has 0 atom stereocenters. The van der Waals surface area contributed by atoms with E-state index >= 15 is 0 Å². The van der Waals surface area contributed by atoms with Crippen molar-refractivity contribution in [3.8, 4) is 5.75 Å². The maximum absolute atomic E-state index is 11.5. The van der Waals surface area contributed by atoms with Gasteiger partial charge in [-0.1, -0.05) is 18.2 Å². The van der Waals surface area contributed by atoms with Gasteiger partial charge in [0.05, 0.1) is 21.8 Å². The number of primary amides is 1. The molecule has 5 rings (SSSR count). The molecule has 1 fully saturated rings. The number of aromatic nitrogens is 1. The Morgan fingerprint density at radius 3 is 2.73 bits per heavy atom. The number of nitrogens with zero attached hydrogens (tertiary/aromatic N) is 1. The Morgan fingerprint density at radius 1 is 1.23 bits per heavy atom. The summed E-state index contributed by atoms with van der Waals surface area (Å²) in [6, 6.07) is 10.1. The molecule has 2 aliphatic heterocycles. The van der Waals surface area contributed by atoms with Crippen molar-refractivity contribution in [3.63, 3.8) is 0 Å². The normalized spacial score (nSPS) is 16.3. The first-order chi connectivity index (χ1) is 14.5. The van der Waals surface area contributed by atoms with Gasteiger partial charge >= 0.3 is 0 Å². The summed E-state index contributed by atoms with van der Waals surface area (Å²) in [4.78, 5) is 16.4. The highest BCUT2D eigenvalue weighted by atomic mass is 32.1. The van der Waals surface area contributed by atoms with Crippen molar-refractivity contribution < 1.29 is 9.53 Å². The highest BCUT2D eigenvalue weighted by Crippen LogP contribution is 2.36. The lowest BCUT2D eigenvalue weighted by Crippen LogP contribution is -2.26. The minimum atomic E-state index is -0.357. The van der Waals surface area contributed by atoms with E-state index in [9.17, 15) is 4.79 Å². The average molecular weight is 424 g/mol. The highest BCUT2D eigenvalue weighted by Gasteiger charge is 2.21. The third kappa shape index (κ3) is 4.35. The van der Waals surface area contributed by atoms with Crippen molar-refractivity contribution >= 4 is 27.5 Å². The van der Waals surface area contributed by atoms with Crippen LogP contribution in [0.15, 0.2) is 30.3 Å². The van der Waals surface area contributed by atoms with Gasteiger partial charge in [0.15, 0.2) is 0 Å². The Morgan fingerprint density at radius 2 is 2.00 bits per heavy atom. The number of nitrogens with two attached hydrogens (primary N) is 1. The van der Waals surface area contributed by atoms with Crippen LogP contribution in [-0.4, -0.2) is 30.6 Å². The molecule has 0 saturated carbocycles. The van der Waals surface area contributed by atoms with Crippen LogP contribution in [0.4, 0.5) is 0 Å². The zero-order valence-corrected chi connectivity index (χ0v) is 18.5. The summed E-state index contributed by atoms with van der Waals surface area (Å²) in [6.45, 7) is 6.97. The van der Waals surface area contributed by atoms with Gasteiger partial charge in [-0.3, -0.25) is 4.79 Å². The maximum atomic E-state index is 11.5. The number of hydrogen-bond acceptors (Lipinski definition) is 5. The number of thiazole rings is 1. The molecule has 1 amide bonds. The monoisotopic (exact) mass is 423 g/mol. The number of nitrogens with one attached hydrogen (secondary N) is 1. The van der Waals surface area contributed by atoms with E-state index in [1.807, 2.05) is 32.0 Å². The lowest BCUT2D eigenvalue weighted by atomic mass is 9.99. The third-order valence-electron chi connectivity index (χ3n) is 5.90. The Balaban J connectivity index is 0.000000181. The molecule has 0 radical (unpaired) electrons. The van der Waals surface area contributed by atoms with Gasteiger partial charge in [0.1, 0.15) is 5.75 Å². The predicted octanol–water partition coefficient (Wildman–Crippen LogP) is 4.49. The fourth-order valence-electron chi connectivity index (χ4n) is 4.17. The number of carbonyl (C=O) groups excluding carboxylic acids is 1. The zero-order valence-electron chi connectivity index (χ0n) is 17.7. The van der Waals surface area contributed by atoms with E-state index in [1.165, 1.54) is 17.0 Å². The van der Waals surface area contributed by atoms with Crippen LogP contribution in [0.3, 0.4) is 0 Å². The summed E-state index contributed by atoms with van der Waals surface area (Å²) in [6.07, 6.45) is 4.62. The van der Waals surface area contributed by atoms with Gasteiger partial charge < -0.3 is 15.8 Å². The largest absolute Gasteiger partial charge is 0.493 e. The molecule has 6 heteroatoms. The van der Waals surface area contributed by atoms with Crippen molar-refractivity contribution in [1.82, 2.24) is 10.3 Å². The molecular weight excluding hydrogens is 394 g/mol. The predicted molar refractivity (Wildman–Crippen MR) is 123 cm³/mol. The molecule has 2 aromatic carbocycles. The Kier molecular flexibility index (Phi) is 6.35. The van der Waals surface area contributed by atoms with Crippen LogP contribution < -0.4 is 15.8 Å². The first-order valence-electron chi connectivity index (χ1n) is 10.7. The number of hydrogen-bond donors (Lipinski definition) is 2. The van der Waals surface area contributed by atoms with Gasteiger partial charge in [-0.15, -0.1) is 11.3 Å². The van der Waals surface area contributed by atoms with Gasteiger partial charge in [0.25, 0.3) is 0 Å². The quantitative estimate of drug-likeness (QED) is 0.637. The molecule has 1 saturated heterocycles. The Bertz CT molecular complexity index is 1030. The number of amides is 1. The zero-order chi connectivity index (χ0) is 21.1. The summed E-state index contributed by atoms with van der Waals surface area (Å²) in [5, 5.41) is 4.58. The molecule has 3 heterocycles. The molecule has 30 heavy (non-hydrogen) atoms. The average Bonchev–Trinajstić information content (AvgIpc) is 3.24. The second-order valence-corrected chi connectivity index (χ2v) is 9.07. The van der Waals surface area contributed by atoms with Crippen LogP contribution in [0.1, 0.15) is 57.2 Å². The summed E-state index contributed by atoms with van der Waals surface area (Å²) in [7, 11) is 0. The fourth-order valence-corrected chi connectivity index (χ4v) is 5.48. The molecular formula is C24H29N3O2S. The highest BCUT2D eigenvalue weighted by molar-refractivity contribution is 7.18. The van der Waals surface area contributed by atoms with Crippen molar-refractivity contribution in [2.45, 2.75) is 45.4 Å². The number of piperidine rings is 1. The number of carbonyl (C=O) groups is 1. The second kappa shape index (κ2) is 9.14. The van der Waals surface area contributed by atoms with Crippen LogP contribution in [0, 0.1) is 13.8 Å². The van der Waals surface area contributed by atoms with E-state index in [2.05, 4.69) is 17.4 Å². The van der Waals surface area contributed by atoms with Crippen molar-refractivity contribution in [1.29, 1.82) is 0 Å². The van der Waals surface area contributed by atoms with Crippen LogP contribution in [0.5, 0.6) is 5.75 Å². The maximum Gasteiger partial charge on any atom is 0.249 e. The number of para-hydroxylation sites is 1. The fraction of sp³-hybridized carbons (Fsp3) is 0.417. The summed E-state index contributed by atoms with van der Waals surface area (Å²) < 4.78 is 6.54. The van der Waals surface area contributed by atoms with Crippen LogP contribution >= 0.6 is 11.3 Å². The first-order valence-corrected chi connectivity index (χ1v) is 11.5. The number of ether oxygens (including phenoxy) is 1. The van der Waals surface area contributed by atoms with E-state index in [-0.39, 0.29) is 5.91 Å². The van der Waals surface area contributed by atoms with Crippen molar-refractivity contribution in [3.05, 3.63) is 57.6 Å².